The highest BCUT2D eigenvalue weighted by atomic mass is 79.9. The number of carbonyl (C=O) groups excluding carboxylic acids is 1. The van der Waals surface area contributed by atoms with Crippen LogP contribution in [0.4, 0.5) is 0 Å². The Morgan fingerprint density at radius 3 is 2.94 bits per heavy atom. The monoisotopic (exact) mass is 285 g/mol. The van der Waals surface area contributed by atoms with Crippen LogP contribution >= 0.6 is 15.9 Å². The molecule has 16 heavy (non-hydrogen) atoms. The number of halogens is 1. The van der Waals surface area contributed by atoms with Crippen molar-refractivity contribution in [2.24, 2.45) is 0 Å². The van der Waals surface area contributed by atoms with Crippen molar-refractivity contribution in [3.05, 3.63) is 22.6 Å². The lowest BCUT2D eigenvalue weighted by Crippen LogP contribution is -2.39. The van der Waals surface area contributed by atoms with Gasteiger partial charge in [0.1, 0.15) is 0 Å². The molecular formula is C12H16BrNO2. The van der Waals surface area contributed by atoms with E-state index in [-0.39, 0.29) is 5.91 Å². The van der Waals surface area contributed by atoms with Crippen LogP contribution in [0.1, 0.15) is 43.5 Å². The van der Waals surface area contributed by atoms with Crippen molar-refractivity contribution in [3.63, 3.8) is 0 Å². The lowest BCUT2D eigenvalue weighted by atomic mass is 10.1. The van der Waals surface area contributed by atoms with Crippen LogP contribution in [0.5, 0.6) is 0 Å². The van der Waals surface area contributed by atoms with E-state index in [4.69, 9.17) is 4.42 Å². The van der Waals surface area contributed by atoms with Gasteiger partial charge < -0.3 is 9.32 Å². The summed E-state index contributed by atoms with van der Waals surface area (Å²) in [5.41, 5.74) is 0.632. The van der Waals surface area contributed by atoms with E-state index in [2.05, 4.69) is 29.8 Å². The van der Waals surface area contributed by atoms with Crippen LogP contribution in [0, 0.1) is 0 Å². The Labute approximate surface area is 104 Å². The molecule has 2 rings (SSSR count). The highest BCUT2D eigenvalue weighted by molar-refractivity contribution is 9.10. The van der Waals surface area contributed by atoms with E-state index < -0.39 is 0 Å². The molecule has 1 fully saturated rings. The number of amides is 1. The van der Waals surface area contributed by atoms with Crippen LogP contribution in [0.25, 0.3) is 0 Å². The molecule has 0 spiro atoms. The van der Waals surface area contributed by atoms with Gasteiger partial charge in [-0.2, -0.15) is 0 Å². The van der Waals surface area contributed by atoms with E-state index in [9.17, 15) is 4.79 Å². The smallest absolute Gasteiger partial charge is 0.258 e. The van der Waals surface area contributed by atoms with Gasteiger partial charge >= 0.3 is 0 Å². The average molecular weight is 286 g/mol. The summed E-state index contributed by atoms with van der Waals surface area (Å²) in [5.74, 6) is 0.0810. The SMILES string of the molecule is CCC1CCC(C)N1C(=O)c1ccoc1Br. The zero-order valence-corrected chi connectivity index (χ0v) is 11.2. The van der Waals surface area contributed by atoms with Crippen LogP contribution < -0.4 is 0 Å². The fourth-order valence-electron chi connectivity index (χ4n) is 2.42. The Kier molecular flexibility index (Phi) is 3.38. The highest BCUT2D eigenvalue weighted by Crippen LogP contribution is 2.30. The summed E-state index contributed by atoms with van der Waals surface area (Å²) >= 11 is 3.26. The number of rotatable bonds is 2. The van der Waals surface area contributed by atoms with Crippen molar-refractivity contribution in [2.75, 3.05) is 0 Å². The second-order valence-electron chi connectivity index (χ2n) is 4.31. The molecule has 4 heteroatoms. The fraction of sp³-hybridized carbons (Fsp3) is 0.583. The minimum Gasteiger partial charge on any atom is -0.457 e. The molecule has 0 radical (unpaired) electrons. The zero-order valence-electron chi connectivity index (χ0n) is 9.57. The molecule has 2 atom stereocenters. The molecule has 0 N–H and O–H groups in total. The van der Waals surface area contributed by atoms with Crippen molar-refractivity contribution in [1.29, 1.82) is 0 Å². The third-order valence-corrected chi connectivity index (χ3v) is 3.95. The van der Waals surface area contributed by atoms with Gasteiger partial charge in [0.15, 0.2) is 4.67 Å². The van der Waals surface area contributed by atoms with Gasteiger partial charge in [0, 0.05) is 12.1 Å². The second kappa shape index (κ2) is 4.62. The van der Waals surface area contributed by atoms with Crippen LogP contribution in [-0.4, -0.2) is 22.9 Å². The normalized spacial score (nSPS) is 25.1. The first-order valence-electron chi connectivity index (χ1n) is 5.70. The molecule has 0 bridgehead atoms. The number of hydrogen-bond donors (Lipinski definition) is 0. The Hall–Kier alpha value is -0.770. The summed E-state index contributed by atoms with van der Waals surface area (Å²) < 4.78 is 5.65. The maximum atomic E-state index is 12.3. The zero-order chi connectivity index (χ0) is 11.7. The molecular weight excluding hydrogens is 270 g/mol. The van der Waals surface area contributed by atoms with E-state index in [0.29, 0.717) is 22.3 Å². The number of furan rings is 1. The van der Waals surface area contributed by atoms with Crippen molar-refractivity contribution in [2.45, 2.75) is 45.2 Å². The molecule has 1 aromatic heterocycles. The molecule has 88 valence electrons. The fourth-order valence-corrected chi connectivity index (χ4v) is 2.83. The van der Waals surface area contributed by atoms with E-state index in [1.807, 2.05) is 4.90 Å². The Morgan fingerprint density at radius 2 is 2.38 bits per heavy atom. The van der Waals surface area contributed by atoms with E-state index in [0.717, 1.165) is 19.3 Å². The summed E-state index contributed by atoms with van der Waals surface area (Å²) in [4.78, 5) is 14.3. The third-order valence-electron chi connectivity index (χ3n) is 3.34. The topological polar surface area (TPSA) is 33.5 Å². The van der Waals surface area contributed by atoms with Crippen molar-refractivity contribution < 1.29 is 9.21 Å². The third kappa shape index (κ3) is 1.90. The number of likely N-dealkylation sites (tertiary alicyclic amines) is 1. The van der Waals surface area contributed by atoms with Gasteiger partial charge in [-0.25, -0.2) is 0 Å². The van der Waals surface area contributed by atoms with E-state index >= 15 is 0 Å². The van der Waals surface area contributed by atoms with Gasteiger partial charge in [0.05, 0.1) is 11.8 Å². The highest BCUT2D eigenvalue weighted by Gasteiger charge is 2.34. The maximum Gasteiger partial charge on any atom is 0.258 e. The molecule has 1 aromatic rings. The van der Waals surface area contributed by atoms with E-state index in [1.54, 1.807) is 12.3 Å². The van der Waals surface area contributed by atoms with Crippen LogP contribution in [-0.2, 0) is 0 Å². The van der Waals surface area contributed by atoms with Crippen LogP contribution in [0.15, 0.2) is 21.4 Å². The standard InChI is InChI=1S/C12H16BrNO2/c1-3-9-5-4-8(2)14(9)12(15)10-6-7-16-11(10)13/h6-9H,3-5H2,1-2H3. The predicted molar refractivity (Wildman–Crippen MR) is 65.4 cm³/mol. The molecule has 1 aliphatic heterocycles. The number of carbonyl (C=O) groups is 1. The molecule has 0 aromatic carbocycles. The Morgan fingerprint density at radius 1 is 1.62 bits per heavy atom. The van der Waals surface area contributed by atoms with Gasteiger partial charge in [0.25, 0.3) is 5.91 Å². The van der Waals surface area contributed by atoms with Crippen molar-refractivity contribution in [3.8, 4) is 0 Å². The van der Waals surface area contributed by atoms with Crippen molar-refractivity contribution >= 4 is 21.8 Å². The first-order valence-corrected chi connectivity index (χ1v) is 6.50. The summed E-state index contributed by atoms with van der Waals surface area (Å²) in [6.45, 7) is 4.24. The summed E-state index contributed by atoms with van der Waals surface area (Å²) in [6.07, 6.45) is 4.77. The van der Waals surface area contributed by atoms with E-state index in [1.165, 1.54) is 0 Å². The molecule has 1 aliphatic rings. The molecule has 1 saturated heterocycles. The molecule has 1 amide bonds. The molecule has 3 nitrogen and oxygen atoms in total. The lowest BCUT2D eigenvalue weighted by Gasteiger charge is -2.27. The summed E-state index contributed by atoms with van der Waals surface area (Å²) in [7, 11) is 0. The minimum atomic E-state index is 0.0810. The average Bonchev–Trinajstić information content (AvgIpc) is 2.83. The molecule has 0 saturated carbocycles. The second-order valence-corrected chi connectivity index (χ2v) is 5.03. The van der Waals surface area contributed by atoms with Gasteiger partial charge in [-0.15, -0.1) is 0 Å². The largest absolute Gasteiger partial charge is 0.457 e. The first kappa shape index (κ1) is 11.7. The van der Waals surface area contributed by atoms with Gasteiger partial charge in [-0.3, -0.25) is 4.79 Å². The Balaban J connectivity index is 2.24. The van der Waals surface area contributed by atoms with Gasteiger partial charge in [-0.05, 0) is 48.2 Å². The van der Waals surface area contributed by atoms with Crippen molar-refractivity contribution in [1.82, 2.24) is 4.90 Å². The first-order chi connectivity index (χ1) is 7.65. The van der Waals surface area contributed by atoms with Crippen LogP contribution in [0.2, 0.25) is 0 Å². The molecule has 2 heterocycles. The number of hydrogen-bond acceptors (Lipinski definition) is 2. The van der Waals surface area contributed by atoms with Gasteiger partial charge in [-0.1, -0.05) is 6.92 Å². The molecule has 2 unspecified atom stereocenters. The Bertz CT molecular complexity index is 388. The minimum absolute atomic E-state index is 0.0810. The maximum absolute atomic E-state index is 12.3. The van der Waals surface area contributed by atoms with Crippen LogP contribution in [0.3, 0.4) is 0 Å². The summed E-state index contributed by atoms with van der Waals surface area (Å²) in [6, 6.07) is 2.44. The van der Waals surface area contributed by atoms with Gasteiger partial charge in [0.2, 0.25) is 0 Å². The predicted octanol–water partition coefficient (Wildman–Crippen LogP) is 3.45. The lowest BCUT2D eigenvalue weighted by molar-refractivity contribution is 0.0674. The number of nitrogens with zero attached hydrogens (tertiary/aromatic N) is 1. The molecule has 0 aliphatic carbocycles. The summed E-state index contributed by atoms with van der Waals surface area (Å²) in [5, 5.41) is 0. The quantitative estimate of drug-likeness (QED) is 0.834.